The molecule has 0 bridgehead atoms. The molecular formula is C15H22N4O2S. The lowest BCUT2D eigenvalue weighted by Crippen LogP contribution is -2.43. The van der Waals surface area contributed by atoms with Crippen LogP contribution in [0.4, 0.5) is 0 Å². The monoisotopic (exact) mass is 322 g/mol. The highest BCUT2D eigenvalue weighted by atomic mass is 32.1. The van der Waals surface area contributed by atoms with E-state index in [1.807, 2.05) is 4.90 Å². The molecule has 0 radical (unpaired) electrons. The molecule has 3 aliphatic heterocycles. The van der Waals surface area contributed by atoms with Gasteiger partial charge in [-0.25, -0.2) is 0 Å². The van der Waals surface area contributed by atoms with Crippen molar-refractivity contribution in [3.8, 4) is 0 Å². The number of nitrogens with zero attached hydrogens (tertiary/aromatic N) is 4. The van der Waals surface area contributed by atoms with Crippen molar-refractivity contribution < 1.29 is 9.53 Å². The first kappa shape index (κ1) is 14.5. The highest BCUT2D eigenvalue weighted by Crippen LogP contribution is 2.32. The molecule has 22 heavy (non-hydrogen) atoms. The molecule has 1 unspecified atom stereocenters. The van der Waals surface area contributed by atoms with Gasteiger partial charge in [0.15, 0.2) is 5.69 Å². The third-order valence-corrected chi connectivity index (χ3v) is 5.74. The fourth-order valence-electron chi connectivity index (χ4n) is 4.07. The molecule has 1 aromatic heterocycles. The number of hydrogen-bond donors (Lipinski definition) is 0. The Labute approximate surface area is 134 Å². The van der Waals surface area contributed by atoms with E-state index in [-0.39, 0.29) is 5.91 Å². The lowest BCUT2D eigenvalue weighted by atomic mass is 9.88. The second kappa shape index (κ2) is 6.22. The summed E-state index contributed by atoms with van der Waals surface area (Å²) in [6.45, 7) is 5.98. The first-order valence-corrected chi connectivity index (χ1v) is 9.03. The Morgan fingerprint density at radius 2 is 2.23 bits per heavy atom. The molecule has 6 nitrogen and oxygen atoms in total. The van der Waals surface area contributed by atoms with Crippen molar-refractivity contribution in [2.24, 2.45) is 11.8 Å². The van der Waals surface area contributed by atoms with Gasteiger partial charge in [0, 0.05) is 38.2 Å². The number of amides is 1. The number of fused-ring (bicyclic) bond motifs is 1. The molecule has 3 fully saturated rings. The SMILES string of the molecule is O=C(c1csnn1)N1C[C@H]2CCN(CC3CCCO3)C[C@H]2C1. The van der Waals surface area contributed by atoms with Crippen LogP contribution in [0.3, 0.4) is 0 Å². The van der Waals surface area contributed by atoms with Crippen LogP contribution < -0.4 is 0 Å². The lowest BCUT2D eigenvalue weighted by Gasteiger charge is -2.35. The smallest absolute Gasteiger partial charge is 0.275 e. The number of aromatic nitrogens is 2. The molecule has 1 aromatic rings. The Kier molecular flexibility index (Phi) is 4.11. The molecule has 4 rings (SSSR count). The number of hydrogen-bond acceptors (Lipinski definition) is 6. The average molecular weight is 322 g/mol. The van der Waals surface area contributed by atoms with Crippen LogP contribution in [0, 0.1) is 11.8 Å². The van der Waals surface area contributed by atoms with Gasteiger partial charge in [0.2, 0.25) is 0 Å². The molecular weight excluding hydrogens is 300 g/mol. The zero-order valence-electron chi connectivity index (χ0n) is 12.7. The molecule has 3 saturated heterocycles. The van der Waals surface area contributed by atoms with Gasteiger partial charge < -0.3 is 14.5 Å². The topological polar surface area (TPSA) is 58.6 Å². The van der Waals surface area contributed by atoms with Gasteiger partial charge in [0.25, 0.3) is 5.91 Å². The Bertz CT molecular complexity index is 518. The first-order chi connectivity index (χ1) is 10.8. The van der Waals surface area contributed by atoms with Crippen molar-refractivity contribution >= 4 is 17.4 Å². The van der Waals surface area contributed by atoms with Crippen LogP contribution in [0.25, 0.3) is 0 Å². The maximum absolute atomic E-state index is 12.4. The number of rotatable bonds is 3. The van der Waals surface area contributed by atoms with Gasteiger partial charge in [-0.3, -0.25) is 4.79 Å². The van der Waals surface area contributed by atoms with Gasteiger partial charge in [-0.2, -0.15) is 0 Å². The van der Waals surface area contributed by atoms with Crippen LogP contribution in [0.5, 0.6) is 0 Å². The summed E-state index contributed by atoms with van der Waals surface area (Å²) in [6.07, 6.45) is 4.02. The van der Waals surface area contributed by atoms with E-state index in [0.29, 0.717) is 23.6 Å². The van der Waals surface area contributed by atoms with E-state index in [9.17, 15) is 4.79 Å². The van der Waals surface area contributed by atoms with Crippen molar-refractivity contribution in [3.05, 3.63) is 11.1 Å². The average Bonchev–Trinajstić information content (AvgIpc) is 3.27. The van der Waals surface area contributed by atoms with E-state index >= 15 is 0 Å². The molecule has 0 saturated carbocycles. The van der Waals surface area contributed by atoms with E-state index in [1.54, 1.807) is 5.38 Å². The summed E-state index contributed by atoms with van der Waals surface area (Å²) in [5.41, 5.74) is 0.500. The Morgan fingerprint density at radius 3 is 3.00 bits per heavy atom. The second-order valence-corrected chi connectivity index (χ2v) is 7.31. The van der Waals surface area contributed by atoms with Gasteiger partial charge in [0.1, 0.15) is 0 Å². The maximum Gasteiger partial charge on any atom is 0.275 e. The largest absolute Gasteiger partial charge is 0.377 e. The van der Waals surface area contributed by atoms with E-state index in [0.717, 1.165) is 39.3 Å². The fourth-order valence-corrected chi connectivity index (χ4v) is 4.50. The minimum absolute atomic E-state index is 0.0498. The summed E-state index contributed by atoms with van der Waals surface area (Å²) in [7, 11) is 0. The molecule has 0 aliphatic carbocycles. The van der Waals surface area contributed by atoms with E-state index in [4.69, 9.17) is 4.74 Å². The number of ether oxygens (including phenoxy) is 1. The standard InChI is InChI=1S/C15H22N4O2S/c20-15(14-10-22-17-16-14)19-7-11-3-4-18(6-12(11)8-19)9-13-2-1-5-21-13/h10-13H,1-9H2/t11-,12+,13?/m1/s1. The first-order valence-electron chi connectivity index (χ1n) is 8.20. The zero-order valence-corrected chi connectivity index (χ0v) is 13.5. The number of likely N-dealkylation sites (tertiary alicyclic amines) is 2. The van der Waals surface area contributed by atoms with Crippen molar-refractivity contribution in [1.82, 2.24) is 19.4 Å². The predicted octanol–water partition coefficient (Wildman–Crippen LogP) is 1.11. The molecule has 120 valence electrons. The summed E-state index contributed by atoms with van der Waals surface area (Å²) in [5, 5.41) is 5.66. The lowest BCUT2D eigenvalue weighted by molar-refractivity contribution is 0.0506. The molecule has 1 amide bonds. The molecule has 0 N–H and O–H groups in total. The molecule has 4 heterocycles. The maximum atomic E-state index is 12.4. The summed E-state index contributed by atoms with van der Waals surface area (Å²) in [5.74, 6) is 1.30. The molecule has 0 aromatic carbocycles. The van der Waals surface area contributed by atoms with Crippen LogP contribution in [-0.2, 0) is 4.74 Å². The van der Waals surface area contributed by atoms with Crippen LogP contribution >= 0.6 is 11.5 Å². The quantitative estimate of drug-likeness (QED) is 0.834. The Morgan fingerprint density at radius 1 is 1.32 bits per heavy atom. The zero-order chi connectivity index (χ0) is 14.9. The normalized spacial score (nSPS) is 32.4. The van der Waals surface area contributed by atoms with Crippen LogP contribution in [0.1, 0.15) is 29.8 Å². The van der Waals surface area contributed by atoms with Crippen LogP contribution in [0.2, 0.25) is 0 Å². The van der Waals surface area contributed by atoms with Gasteiger partial charge in [-0.05, 0) is 49.2 Å². The molecule has 7 heteroatoms. The highest BCUT2D eigenvalue weighted by molar-refractivity contribution is 7.03. The van der Waals surface area contributed by atoms with Gasteiger partial charge in [0.05, 0.1) is 6.10 Å². The van der Waals surface area contributed by atoms with Crippen LogP contribution in [0.15, 0.2) is 5.38 Å². The van der Waals surface area contributed by atoms with E-state index < -0.39 is 0 Å². The summed E-state index contributed by atoms with van der Waals surface area (Å²) >= 11 is 1.24. The van der Waals surface area contributed by atoms with Gasteiger partial charge >= 0.3 is 0 Å². The third-order valence-electron chi connectivity index (χ3n) is 5.24. The van der Waals surface area contributed by atoms with Crippen molar-refractivity contribution in [1.29, 1.82) is 0 Å². The highest BCUT2D eigenvalue weighted by Gasteiger charge is 2.39. The minimum atomic E-state index is 0.0498. The Balaban J connectivity index is 1.34. The second-order valence-electron chi connectivity index (χ2n) is 6.70. The fraction of sp³-hybridized carbons (Fsp3) is 0.800. The molecule has 3 atom stereocenters. The van der Waals surface area contributed by atoms with Crippen LogP contribution in [-0.4, -0.2) is 70.7 Å². The number of carbonyl (C=O) groups is 1. The predicted molar refractivity (Wildman–Crippen MR) is 82.8 cm³/mol. The van der Waals surface area contributed by atoms with Gasteiger partial charge in [-0.1, -0.05) is 4.49 Å². The number of piperidine rings is 1. The molecule has 0 spiro atoms. The van der Waals surface area contributed by atoms with Gasteiger partial charge in [-0.15, -0.1) is 5.10 Å². The van der Waals surface area contributed by atoms with E-state index in [2.05, 4.69) is 14.5 Å². The molecule has 3 aliphatic rings. The third kappa shape index (κ3) is 2.89. The van der Waals surface area contributed by atoms with Crippen molar-refractivity contribution in [3.63, 3.8) is 0 Å². The summed E-state index contributed by atoms with van der Waals surface area (Å²) in [4.78, 5) is 16.9. The summed E-state index contributed by atoms with van der Waals surface area (Å²) in [6, 6.07) is 0. The number of carbonyl (C=O) groups excluding carboxylic acids is 1. The Hall–Kier alpha value is -1.05. The minimum Gasteiger partial charge on any atom is -0.377 e. The van der Waals surface area contributed by atoms with Crippen molar-refractivity contribution in [2.75, 3.05) is 39.3 Å². The van der Waals surface area contributed by atoms with Crippen molar-refractivity contribution in [2.45, 2.75) is 25.4 Å². The summed E-state index contributed by atoms with van der Waals surface area (Å²) < 4.78 is 9.55. The van der Waals surface area contributed by atoms with E-state index in [1.165, 1.54) is 30.8 Å².